The fraction of sp³-hybridized carbons (Fsp3) is 0. The Morgan fingerprint density at radius 1 is 0.292 bits per heavy atom. The number of rotatable bonds is 5. The van der Waals surface area contributed by atoms with Crippen LogP contribution in [-0.2, 0) is 0 Å². The number of aromatic nitrogens is 4. The van der Waals surface area contributed by atoms with Gasteiger partial charge in [-0.2, -0.15) is 0 Å². The smallest absolute Gasteiger partial charge is 0.160 e. The van der Waals surface area contributed by atoms with Crippen LogP contribution in [0.15, 0.2) is 170 Å². The molecule has 0 unspecified atom stereocenters. The number of hydrogen-bond acceptors (Lipinski definition) is 4. The first-order chi connectivity index (χ1) is 23.7. The van der Waals surface area contributed by atoms with Gasteiger partial charge >= 0.3 is 0 Å². The molecule has 0 fully saturated rings. The zero-order chi connectivity index (χ0) is 31.9. The molecule has 0 aliphatic rings. The van der Waals surface area contributed by atoms with Gasteiger partial charge in [-0.05, 0) is 58.3 Å². The lowest BCUT2D eigenvalue weighted by atomic mass is 9.99. The summed E-state index contributed by atoms with van der Waals surface area (Å²) in [5.74, 6) is 0.677. The molecule has 224 valence electrons. The van der Waals surface area contributed by atoms with Crippen LogP contribution in [0, 0.1) is 0 Å². The zero-order valence-electron chi connectivity index (χ0n) is 26.0. The first-order valence-electron chi connectivity index (χ1n) is 16.1. The van der Waals surface area contributed by atoms with E-state index in [2.05, 4.69) is 109 Å². The molecule has 0 N–H and O–H groups in total. The molecular weight excluding hydrogens is 585 g/mol. The van der Waals surface area contributed by atoms with Crippen LogP contribution in [0.3, 0.4) is 0 Å². The fourth-order valence-electron chi connectivity index (χ4n) is 6.39. The van der Waals surface area contributed by atoms with E-state index in [9.17, 15) is 0 Å². The van der Waals surface area contributed by atoms with Crippen LogP contribution in [0.1, 0.15) is 0 Å². The lowest BCUT2D eigenvalue weighted by molar-refractivity contribution is 1.17. The number of fused-ring (bicyclic) bond motifs is 3. The number of hydrogen-bond donors (Lipinski definition) is 0. The second-order valence-corrected chi connectivity index (χ2v) is 11.9. The van der Waals surface area contributed by atoms with E-state index >= 15 is 0 Å². The molecule has 0 atom stereocenters. The Labute approximate surface area is 278 Å². The van der Waals surface area contributed by atoms with Crippen LogP contribution >= 0.6 is 0 Å². The molecule has 4 nitrogen and oxygen atoms in total. The molecule has 0 aliphatic heterocycles. The van der Waals surface area contributed by atoms with Crippen LogP contribution in [-0.4, -0.2) is 19.9 Å². The molecule has 3 heterocycles. The van der Waals surface area contributed by atoms with Gasteiger partial charge in [0.1, 0.15) is 0 Å². The van der Waals surface area contributed by atoms with Gasteiger partial charge in [0.15, 0.2) is 5.82 Å². The number of benzene rings is 6. The quantitative estimate of drug-likeness (QED) is 0.194. The summed E-state index contributed by atoms with van der Waals surface area (Å²) in [7, 11) is 0. The van der Waals surface area contributed by atoms with Gasteiger partial charge in [0.25, 0.3) is 0 Å². The van der Waals surface area contributed by atoms with E-state index in [1.165, 1.54) is 10.8 Å². The Hall–Kier alpha value is -6.52. The maximum absolute atomic E-state index is 5.13. The first-order valence-corrected chi connectivity index (χ1v) is 16.1. The topological polar surface area (TPSA) is 51.6 Å². The minimum atomic E-state index is 0.677. The third kappa shape index (κ3) is 5.16. The summed E-state index contributed by atoms with van der Waals surface area (Å²) in [5, 5.41) is 4.60. The van der Waals surface area contributed by atoms with Crippen molar-refractivity contribution in [3.05, 3.63) is 170 Å². The van der Waals surface area contributed by atoms with Crippen molar-refractivity contribution in [2.75, 3.05) is 0 Å². The average Bonchev–Trinajstić information content (AvgIpc) is 3.17. The van der Waals surface area contributed by atoms with E-state index < -0.39 is 0 Å². The number of pyridine rings is 2. The van der Waals surface area contributed by atoms with Crippen molar-refractivity contribution in [2.24, 2.45) is 0 Å². The molecule has 0 saturated carbocycles. The Kier molecular flexibility index (Phi) is 6.76. The van der Waals surface area contributed by atoms with Crippen LogP contribution in [0.2, 0.25) is 0 Å². The van der Waals surface area contributed by atoms with Gasteiger partial charge in [-0.15, -0.1) is 0 Å². The normalized spacial score (nSPS) is 11.3. The van der Waals surface area contributed by atoms with Crippen molar-refractivity contribution in [1.29, 1.82) is 0 Å². The van der Waals surface area contributed by atoms with Gasteiger partial charge in [0, 0.05) is 27.5 Å². The molecule has 6 aromatic carbocycles. The van der Waals surface area contributed by atoms with Crippen molar-refractivity contribution in [1.82, 2.24) is 19.9 Å². The fourth-order valence-corrected chi connectivity index (χ4v) is 6.39. The maximum atomic E-state index is 5.13. The van der Waals surface area contributed by atoms with Crippen LogP contribution in [0.5, 0.6) is 0 Å². The van der Waals surface area contributed by atoms with E-state index in [1.807, 2.05) is 60.7 Å². The molecular formula is C44H28N4. The van der Waals surface area contributed by atoms with E-state index in [1.54, 1.807) is 0 Å². The minimum Gasteiger partial charge on any atom is -0.248 e. The second-order valence-electron chi connectivity index (χ2n) is 11.9. The largest absolute Gasteiger partial charge is 0.248 e. The van der Waals surface area contributed by atoms with Gasteiger partial charge in [-0.3, -0.25) is 0 Å². The molecule has 0 aliphatic carbocycles. The monoisotopic (exact) mass is 612 g/mol. The molecule has 4 heteroatoms. The SMILES string of the molecule is c1ccc(-c2cc(-c3ccc4ccc(-c5ccc6nc(-c7cccc8ccccc78)ccc6c5)cc4n3)nc(-c3ccccc3)n2)cc1. The Morgan fingerprint density at radius 3 is 1.81 bits per heavy atom. The average molecular weight is 613 g/mol. The second kappa shape index (κ2) is 11.7. The van der Waals surface area contributed by atoms with Crippen molar-refractivity contribution >= 4 is 32.6 Å². The van der Waals surface area contributed by atoms with Gasteiger partial charge in [-0.25, -0.2) is 19.9 Å². The summed E-state index contributed by atoms with van der Waals surface area (Å²) in [4.78, 5) is 20.1. The van der Waals surface area contributed by atoms with E-state index in [0.717, 1.165) is 72.4 Å². The summed E-state index contributed by atoms with van der Waals surface area (Å²) in [5.41, 5.74) is 10.7. The van der Waals surface area contributed by atoms with Crippen molar-refractivity contribution < 1.29 is 0 Å². The summed E-state index contributed by atoms with van der Waals surface area (Å²) in [6.07, 6.45) is 0. The summed E-state index contributed by atoms with van der Waals surface area (Å²) < 4.78 is 0. The molecule has 3 aromatic heterocycles. The van der Waals surface area contributed by atoms with E-state index in [-0.39, 0.29) is 0 Å². The minimum absolute atomic E-state index is 0.677. The highest BCUT2D eigenvalue weighted by molar-refractivity contribution is 5.97. The van der Waals surface area contributed by atoms with E-state index in [0.29, 0.717) is 5.82 Å². The first kappa shape index (κ1) is 27.8. The maximum Gasteiger partial charge on any atom is 0.160 e. The highest BCUT2D eigenvalue weighted by Crippen LogP contribution is 2.32. The predicted molar refractivity (Wildman–Crippen MR) is 197 cm³/mol. The van der Waals surface area contributed by atoms with Gasteiger partial charge < -0.3 is 0 Å². The third-order valence-corrected chi connectivity index (χ3v) is 8.87. The van der Waals surface area contributed by atoms with Gasteiger partial charge in [-0.1, -0.05) is 133 Å². The van der Waals surface area contributed by atoms with Gasteiger partial charge in [0.05, 0.1) is 33.8 Å². The summed E-state index contributed by atoms with van der Waals surface area (Å²) in [6, 6.07) is 58.6. The molecule has 9 aromatic rings. The molecule has 0 spiro atoms. The molecule has 48 heavy (non-hydrogen) atoms. The molecule has 0 saturated heterocycles. The molecule has 0 radical (unpaired) electrons. The van der Waals surface area contributed by atoms with E-state index in [4.69, 9.17) is 19.9 Å². The van der Waals surface area contributed by atoms with Crippen molar-refractivity contribution in [3.63, 3.8) is 0 Å². The Morgan fingerprint density at radius 2 is 0.938 bits per heavy atom. The molecule has 0 amide bonds. The summed E-state index contributed by atoms with van der Waals surface area (Å²) >= 11 is 0. The van der Waals surface area contributed by atoms with Crippen LogP contribution in [0.4, 0.5) is 0 Å². The zero-order valence-corrected chi connectivity index (χ0v) is 26.0. The lowest BCUT2D eigenvalue weighted by Crippen LogP contribution is -1.97. The van der Waals surface area contributed by atoms with Crippen molar-refractivity contribution in [3.8, 4) is 56.4 Å². The standard InChI is InChI=1S/C44H28N4/c1-3-11-30(12-4-1)42-28-43(48-44(47-42)32-13-5-2-6-14-32)40-25-20-31-18-19-34(27-41(31)46-40)33-21-23-38-35(26-33)22-24-39(45-38)37-17-9-15-29-10-7-8-16-36(29)37/h1-28H. The Bertz CT molecular complexity index is 2550. The highest BCUT2D eigenvalue weighted by atomic mass is 14.9. The molecule has 9 rings (SSSR count). The predicted octanol–water partition coefficient (Wildman–Crippen LogP) is 11.1. The van der Waals surface area contributed by atoms with Gasteiger partial charge in [0.2, 0.25) is 0 Å². The lowest BCUT2D eigenvalue weighted by Gasteiger charge is -2.10. The van der Waals surface area contributed by atoms with Crippen LogP contribution in [0.25, 0.3) is 89.0 Å². The third-order valence-electron chi connectivity index (χ3n) is 8.87. The van der Waals surface area contributed by atoms with Crippen LogP contribution < -0.4 is 0 Å². The van der Waals surface area contributed by atoms with Crippen molar-refractivity contribution in [2.45, 2.75) is 0 Å². The summed E-state index contributed by atoms with van der Waals surface area (Å²) in [6.45, 7) is 0. The molecule has 0 bridgehead atoms. The highest BCUT2D eigenvalue weighted by Gasteiger charge is 2.13. The number of nitrogens with zero attached hydrogens (tertiary/aromatic N) is 4. The Balaban J connectivity index is 1.09.